The molecule has 1 heterocycles. The van der Waals surface area contributed by atoms with E-state index in [1.807, 2.05) is 4.90 Å². The second kappa shape index (κ2) is 5.83. The molecule has 1 saturated carbocycles. The molecule has 0 aromatic rings. The van der Waals surface area contributed by atoms with Crippen LogP contribution >= 0.6 is 0 Å². The first-order chi connectivity index (χ1) is 8.18. The fourth-order valence-corrected chi connectivity index (χ4v) is 2.93. The summed E-state index contributed by atoms with van der Waals surface area (Å²) < 4.78 is 5.35. The molecule has 2 fully saturated rings. The quantitative estimate of drug-likeness (QED) is 0.787. The van der Waals surface area contributed by atoms with E-state index in [1.54, 1.807) is 0 Å². The van der Waals surface area contributed by atoms with Gasteiger partial charge >= 0.3 is 0 Å². The molecule has 0 bridgehead atoms. The van der Waals surface area contributed by atoms with Crippen molar-refractivity contribution in [2.45, 2.75) is 51.1 Å². The lowest BCUT2D eigenvalue weighted by Crippen LogP contribution is -2.48. The Bertz CT molecular complexity index is 270. The Hall–Kier alpha value is -0.610. The molecule has 3 unspecified atom stereocenters. The number of nitrogens with zero attached hydrogens (tertiary/aromatic N) is 1. The van der Waals surface area contributed by atoms with E-state index in [4.69, 9.17) is 10.5 Å². The number of rotatable bonds is 2. The molecule has 0 aromatic carbocycles. The fraction of sp³-hybridized carbons (Fsp3) is 0.923. The van der Waals surface area contributed by atoms with E-state index < -0.39 is 0 Å². The van der Waals surface area contributed by atoms with Gasteiger partial charge in [0.2, 0.25) is 5.91 Å². The summed E-state index contributed by atoms with van der Waals surface area (Å²) in [6, 6.07) is 0.445. The van der Waals surface area contributed by atoms with Crippen molar-refractivity contribution in [1.29, 1.82) is 0 Å². The Kier molecular flexibility index (Phi) is 4.40. The van der Waals surface area contributed by atoms with Crippen LogP contribution in [0, 0.1) is 5.92 Å². The van der Waals surface area contributed by atoms with Gasteiger partial charge in [-0.25, -0.2) is 0 Å². The number of hydrogen-bond acceptors (Lipinski definition) is 3. The lowest BCUT2D eigenvalue weighted by Gasteiger charge is -2.36. The van der Waals surface area contributed by atoms with E-state index in [0.717, 1.165) is 19.4 Å². The Morgan fingerprint density at radius 1 is 1.41 bits per heavy atom. The van der Waals surface area contributed by atoms with Crippen molar-refractivity contribution >= 4 is 5.91 Å². The predicted octanol–water partition coefficient (Wildman–Crippen LogP) is 1.14. The van der Waals surface area contributed by atoms with Gasteiger partial charge in [-0.2, -0.15) is 0 Å². The summed E-state index contributed by atoms with van der Waals surface area (Å²) in [6.07, 6.45) is 5.28. The zero-order chi connectivity index (χ0) is 12.3. The maximum atomic E-state index is 12.2. The minimum Gasteiger partial charge on any atom is -0.377 e. The first kappa shape index (κ1) is 12.8. The lowest BCUT2D eigenvalue weighted by atomic mass is 9.82. The van der Waals surface area contributed by atoms with Gasteiger partial charge in [-0.1, -0.05) is 12.8 Å². The Balaban J connectivity index is 1.86. The van der Waals surface area contributed by atoms with Crippen LogP contribution in [-0.2, 0) is 9.53 Å². The highest BCUT2D eigenvalue weighted by Gasteiger charge is 2.29. The highest BCUT2D eigenvalue weighted by molar-refractivity contribution is 5.77. The molecule has 3 atom stereocenters. The van der Waals surface area contributed by atoms with E-state index in [0.29, 0.717) is 25.6 Å². The monoisotopic (exact) mass is 240 g/mol. The fourth-order valence-electron chi connectivity index (χ4n) is 2.93. The molecule has 98 valence electrons. The molecule has 2 rings (SSSR count). The molecule has 2 aliphatic rings. The topological polar surface area (TPSA) is 55.6 Å². The maximum Gasteiger partial charge on any atom is 0.223 e. The van der Waals surface area contributed by atoms with Crippen LogP contribution < -0.4 is 5.73 Å². The van der Waals surface area contributed by atoms with Gasteiger partial charge in [0.25, 0.3) is 0 Å². The van der Waals surface area contributed by atoms with Gasteiger partial charge < -0.3 is 15.4 Å². The maximum absolute atomic E-state index is 12.2. The Morgan fingerprint density at radius 3 is 2.88 bits per heavy atom. The first-order valence-corrected chi connectivity index (χ1v) is 6.81. The molecule has 4 nitrogen and oxygen atoms in total. The summed E-state index contributed by atoms with van der Waals surface area (Å²) in [5.41, 5.74) is 6.10. The molecule has 1 aliphatic heterocycles. The minimum absolute atomic E-state index is 0.219. The second-order valence-corrected chi connectivity index (χ2v) is 5.42. The summed E-state index contributed by atoms with van der Waals surface area (Å²) >= 11 is 0. The third-order valence-electron chi connectivity index (χ3n) is 4.09. The van der Waals surface area contributed by atoms with Gasteiger partial charge in [0.15, 0.2) is 0 Å². The molecular weight excluding hydrogens is 216 g/mol. The third kappa shape index (κ3) is 3.19. The molecule has 0 aromatic heterocycles. The molecule has 0 spiro atoms. The van der Waals surface area contributed by atoms with Crippen LogP contribution in [0.25, 0.3) is 0 Å². The van der Waals surface area contributed by atoms with Crippen molar-refractivity contribution < 1.29 is 9.53 Å². The van der Waals surface area contributed by atoms with Crippen molar-refractivity contribution in [1.82, 2.24) is 4.90 Å². The lowest BCUT2D eigenvalue weighted by molar-refractivity contribution is -0.140. The zero-order valence-corrected chi connectivity index (χ0v) is 10.7. The molecule has 17 heavy (non-hydrogen) atoms. The van der Waals surface area contributed by atoms with Crippen LogP contribution in [0.5, 0.6) is 0 Å². The summed E-state index contributed by atoms with van der Waals surface area (Å²) in [5.74, 6) is 0.662. The number of amides is 1. The van der Waals surface area contributed by atoms with Crippen LogP contribution in [0.3, 0.4) is 0 Å². The normalized spacial score (nSPS) is 34.7. The van der Waals surface area contributed by atoms with Crippen molar-refractivity contribution in [3.05, 3.63) is 0 Å². The van der Waals surface area contributed by atoms with E-state index in [1.165, 1.54) is 12.8 Å². The first-order valence-electron chi connectivity index (χ1n) is 6.81. The van der Waals surface area contributed by atoms with Crippen LogP contribution in [0.1, 0.15) is 39.0 Å². The number of morpholine rings is 1. The molecule has 2 N–H and O–H groups in total. The van der Waals surface area contributed by atoms with Crippen molar-refractivity contribution in [3.63, 3.8) is 0 Å². The summed E-state index contributed by atoms with van der Waals surface area (Å²) in [6.45, 7) is 4.13. The van der Waals surface area contributed by atoms with Crippen LogP contribution in [0.15, 0.2) is 0 Å². The van der Waals surface area contributed by atoms with Crippen molar-refractivity contribution in [3.8, 4) is 0 Å². The van der Waals surface area contributed by atoms with Gasteiger partial charge in [-0.05, 0) is 25.7 Å². The highest BCUT2D eigenvalue weighted by Crippen LogP contribution is 2.26. The van der Waals surface area contributed by atoms with Crippen LogP contribution in [0.2, 0.25) is 0 Å². The third-order valence-corrected chi connectivity index (χ3v) is 4.09. The standard InChI is InChI=1S/C13H24N2O2/c1-10-9-17-7-6-15(10)13(16)8-11-4-2-3-5-12(11)14/h10-12H,2-9,14H2,1H3. The highest BCUT2D eigenvalue weighted by atomic mass is 16.5. The molecule has 4 heteroatoms. The Labute approximate surface area is 103 Å². The molecule has 1 amide bonds. The minimum atomic E-state index is 0.219. The van der Waals surface area contributed by atoms with Gasteiger partial charge in [0.1, 0.15) is 0 Å². The van der Waals surface area contributed by atoms with Crippen molar-refractivity contribution in [2.75, 3.05) is 19.8 Å². The van der Waals surface area contributed by atoms with E-state index >= 15 is 0 Å². The smallest absolute Gasteiger partial charge is 0.223 e. The van der Waals surface area contributed by atoms with E-state index in [-0.39, 0.29) is 18.0 Å². The summed E-state index contributed by atoms with van der Waals surface area (Å²) in [5, 5.41) is 0. The van der Waals surface area contributed by atoms with Crippen molar-refractivity contribution in [2.24, 2.45) is 11.7 Å². The molecule has 0 radical (unpaired) electrons. The summed E-state index contributed by atoms with van der Waals surface area (Å²) in [7, 11) is 0. The molecule has 1 saturated heterocycles. The van der Waals surface area contributed by atoms with E-state index in [9.17, 15) is 4.79 Å². The largest absolute Gasteiger partial charge is 0.377 e. The number of nitrogens with two attached hydrogens (primary N) is 1. The number of hydrogen-bond donors (Lipinski definition) is 1. The van der Waals surface area contributed by atoms with Gasteiger partial charge in [-0.3, -0.25) is 4.79 Å². The van der Waals surface area contributed by atoms with E-state index in [2.05, 4.69) is 6.92 Å². The zero-order valence-electron chi connectivity index (χ0n) is 10.7. The van der Waals surface area contributed by atoms with Gasteiger partial charge in [0.05, 0.1) is 19.3 Å². The number of ether oxygens (including phenoxy) is 1. The van der Waals surface area contributed by atoms with Crippen LogP contribution in [0.4, 0.5) is 0 Å². The van der Waals surface area contributed by atoms with Crippen LogP contribution in [-0.4, -0.2) is 42.6 Å². The number of carbonyl (C=O) groups excluding carboxylic acids is 1. The molecule has 1 aliphatic carbocycles. The Morgan fingerprint density at radius 2 is 2.18 bits per heavy atom. The summed E-state index contributed by atoms with van der Waals surface area (Å²) in [4.78, 5) is 14.2. The average Bonchev–Trinajstić information content (AvgIpc) is 2.32. The predicted molar refractivity (Wildman–Crippen MR) is 66.5 cm³/mol. The SMILES string of the molecule is CC1COCCN1C(=O)CC1CCCCC1N. The second-order valence-electron chi connectivity index (χ2n) is 5.42. The average molecular weight is 240 g/mol. The molecular formula is C13H24N2O2. The van der Waals surface area contributed by atoms with Gasteiger partial charge in [-0.15, -0.1) is 0 Å². The number of carbonyl (C=O) groups is 1. The van der Waals surface area contributed by atoms with Gasteiger partial charge in [0, 0.05) is 19.0 Å².